The molecule has 1 unspecified atom stereocenters. The fraction of sp³-hybridized carbons (Fsp3) is 0.364. The zero-order chi connectivity index (χ0) is 10.3. The molecule has 2 aromatic heterocycles. The molecule has 0 bridgehead atoms. The summed E-state index contributed by atoms with van der Waals surface area (Å²) in [6, 6.07) is 2.46. The van der Waals surface area contributed by atoms with Gasteiger partial charge in [0.05, 0.1) is 18.1 Å². The van der Waals surface area contributed by atoms with E-state index in [0.717, 1.165) is 13.0 Å². The Bertz CT molecular complexity index is 472. The molecule has 1 aliphatic heterocycles. The van der Waals surface area contributed by atoms with E-state index in [4.69, 9.17) is 0 Å². The summed E-state index contributed by atoms with van der Waals surface area (Å²) in [6.45, 7) is 3.19. The topological polar surface area (TPSA) is 40.7 Å². The molecule has 0 spiro atoms. The van der Waals surface area contributed by atoms with E-state index in [1.807, 2.05) is 0 Å². The summed E-state index contributed by atoms with van der Waals surface area (Å²) in [5, 5.41) is 5.68. The summed E-state index contributed by atoms with van der Waals surface area (Å²) in [4.78, 5) is 9.04. The molecule has 1 aliphatic rings. The van der Waals surface area contributed by atoms with Gasteiger partial charge in [-0.25, -0.2) is 4.98 Å². The van der Waals surface area contributed by atoms with E-state index in [2.05, 4.69) is 33.7 Å². The molecular formula is C11H13N3S. The molecule has 0 fully saturated rings. The molecule has 0 saturated carbocycles. The van der Waals surface area contributed by atoms with Gasteiger partial charge < -0.3 is 10.3 Å². The second kappa shape index (κ2) is 3.47. The van der Waals surface area contributed by atoms with E-state index in [1.165, 1.54) is 21.8 Å². The zero-order valence-electron chi connectivity index (χ0n) is 8.58. The van der Waals surface area contributed by atoms with E-state index in [1.54, 1.807) is 17.7 Å². The van der Waals surface area contributed by atoms with Crippen molar-refractivity contribution in [3.63, 3.8) is 0 Å². The highest BCUT2D eigenvalue weighted by molar-refractivity contribution is 7.10. The van der Waals surface area contributed by atoms with Crippen molar-refractivity contribution < 1.29 is 0 Å². The first-order chi connectivity index (χ1) is 7.36. The number of rotatable bonds is 1. The number of thiophene rings is 1. The molecule has 3 nitrogen and oxygen atoms in total. The van der Waals surface area contributed by atoms with Gasteiger partial charge in [-0.3, -0.25) is 0 Å². The first-order valence-electron chi connectivity index (χ1n) is 5.16. The number of hydrogen-bond donors (Lipinski definition) is 2. The third kappa shape index (κ3) is 1.41. The first-order valence-corrected chi connectivity index (χ1v) is 6.04. The van der Waals surface area contributed by atoms with Crippen molar-refractivity contribution in [2.75, 3.05) is 6.54 Å². The minimum absolute atomic E-state index is 0.292. The Labute approximate surface area is 92.6 Å². The van der Waals surface area contributed by atoms with Crippen LogP contribution in [0, 0.1) is 6.92 Å². The van der Waals surface area contributed by atoms with Crippen LogP contribution in [0.4, 0.5) is 0 Å². The Morgan fingerprint density at radius 3 is 3.27 bits per heavy atom. The maximum atomic E-state index is 4.42. The summed E-state index contributed by atoms with van der Waals surface area (Å²) < 4.78 is 0. The van der Waals surface area contributed by atoms with Gasteiger partial charge in [-0.15, -0.1) is 11.3 Å². The number of hydrogen-bond acceptors (Lipinski definition) is 3. The molecule has 78 valence electrons. The second-order valence-electron chi connectivity index (χ2n) is 3.87. The van der Waals surface area contributed by atoms with E-state index in [9.17, 15) is 0 Å². The number of aryl methyl sites for hydroxylation is 1. The standard InChI is InChI=1S/C11H13N3S/c1-7-3-5-15-11(7)10-9-8(2-4-12-10)13-6-14-9/h3,5-6,10,12H,2,4H2,1H3,(H,13,14). The number of nitrogens with one attached hydrogen (secondary N) is 2. The number of fused-ring (bicyclic) bond motifs is 1. The Balaban J connectivity index is 2.07. The van der Waals surface area contributed by atoms with Crippen LogP contribution in [0.2, 0.25) is 0 Å². The van der Waals surface area contributed by atoms with Gasteiger partial charge in [0.15, 0.2) is 0 Å². The SMILES string of the molecule is Cc1ccsc1C1NCCc2[nH]cnc21. The summed E-state index contributed by atoms with van der Waals surface area (Å²) in [5.41, 5.74) is 3.81. The molecule has 4 heteroatoms. The summed E-state index contributed by atoms with van der Waals surface area (Å²) >= 11 is 1.81. The van der Waals surface area contributed by atoms with Gasteiger partial charge in [0, 0.05) is 23.5 Å². The Morgan fingerprint density at radius 1 is 1.53 bits per heavy atom. The van der Waals surface area contributed by atoms with Crippen LogP contribution in [0.1, 0.15) is 27.9 Å². The van der Waals surface area contributed by atoms with Gasteiger partial charge in [0.1, 0.15) is 0 Å². The van der Waals surface area contributed by atoms with Gasteiger partial charge in [0.25, 0.3) is 0 Å². The number of H-pyrrole nitrogens is 1. The molecule has 2 aromatic rings. The highest BCUT2D eigenvalue weighted by Crippen LogP contribution is 2.31. The molecule has 0 aliphatic carbocycles. The lowest BCUT2D eigenvalue weighted by atomic mass is 10.0. The Morgan fingerprint density at radius 2 is 2.47 bits per heavy atom. The van der Waals surface area contributed by atoms with Crippen LogP contribution in [0.5, 0.6) is 0 Å². The Kier molecular flexibility index (Phi) is 2.11. The van der Waals surface area contributed by atoms with Gasteiger partial charge >= 0.3 is 0 Å². The van der Waals surface area contributed by atoms with Crippen molar-refractivity contribution in [1.82, 2.24) is 15.3 Å². The average Bonchev–Trinajstić information content (AvgIpc) is 2.85. The third-order valence-corrected chi connectivity index (χ3v) is 4.00. The molecule has 0 saturated heterocycles. The maximum Gasteiger partial charge on any atom is 0.0926 e. The lowest BCUT2D eigenvalue weighted by molar-refractivity contribution is 0.558. The predicted molar refractivity (Wildman–Crippen MR) is 61.2 cm³/mol. The van der Waals surface area contributed by atoms with Crippen LogP contribution in [0.3, 0.4) is 0 Å². The highest BCUT2D eigenvalue weighted by Gasteiger charge is 2.25. The molecule has 0 amide bonds. The molecule has 0 radical (unpaired) electrons. The highest BCUT2D eigenvalue weighted by atomic mass is 32.1. The van der Waals surface area contributed by atoms with Gasteiger partial charge in [0.2, 0.25) is 0 Å². The van der Waals surface area contributed by atoms with Crippen molar-refractivity contribution in [3.8, 4) is 0 Å². The molecule has 3 heterocycles. The number of nitrogens with zero attached hydrogens (tertiary/aromatic N) is 1. The van der Waals surface area contributed by atoms with Crippen molar-refractivity contribution in [2.45, 2.75) is 19.4 Å². The molecule has 15 heavy (non-hydrogen) atoms. The van der Waals surface area contributed by atoms with Crippen LogP contribution in [0.15, 0.2) is 17.8 Å². The second-order valence-corrected chi connectivity index (χ2v) is 4.82. The molecular weight excluding hydrogens is 206 g/mol. The number of aromatic amines is 1. The monoisotopic (exact) mass is 219 g/mol. The van der Waals surface area contributed by atoms with E-state index in [0.29, 0.717) is 6.04 Å². The van der Waals surface area contributed by atoms with Crippen LogP contribution in [-0.4, -0.2) is 16.5 Å². The third-order valence-electron chi connectivity index (χ3n) is 2.91. The van der Waals surface area contributed by atoms with Gasteiger partial charge in [-0.05, 0) is 23.9 Å². The lowest BCUT2D eigenvalue weighted by Gasteiger charge is -2.22. The van der Waals surface area contributed by atoms with Gasteiger partial charge in [-0.2, -0.15) is 0 Å². The average molecular weight is 219 g/mol. The molecule has 1 atom stereocenters. The Hall–Kier alpha value is -1.13. The van der Waals surface area contributed by atoms with E-state index in [-0.39, 0.29) is 0 Å². The van der Waals surface area contributed by atoms with Crippen molar-refractivity contribution >= 4 is 11.3 Å². The van der Waals surface area contributed by atoms with Gasteiger partial charge in [-0.1, -0.05) is 0 Å². The number of imidazole rings is 1. The fourth-order valence-corrected chi connectivity index (χ4v) is 3.12. The summed E-state index contributed by atoms with van der Waals surface area (Å²) in [6.07, 6.45) is 2.85. The van der Waals surface area contributed by atoms with Crippen LogP contribution in [0.25, 0.3) is 0 Å². The van der Waals surface area contributed by atoms with E-state index < -0.39 is 0 Å². The van der Waals surface area contributed by atoms with E-state index >= 15 is 0 Å². The lowest BCUT2D eigenvalue weighted by Crippen LogP contribution is -2.30. The zero-order valence-corrected chi connectivity index (χ0v) is 9.40. The summed E-state index contributed by atoms with van der Waals surface area (Å²) in [5.74, 6) is 0. The number of aromatic nitrogens is 2. The molecule has 3 rings (SSSR count). The minimum atomic E-state index is 0.292. The fourth-order valence-electron chi connectivity index (χ4n) is 2.12. The smallest absolute Gasteiger partial charge is 0.0926 e. The molecule has 0 aromatic carbocycles. The van der Waals surface area contributed by atoms with Crippen molar-refractivity contribution in [3.05, 3.63) is 39.6 Å². The van der Waals surface area contributed by atoms with Crippen LogP contribution in [-0.2, 0) is 6.42 Å². The normalized spacial score (nSPS) is 20.2. The largest absolute Gasteiger partial charge is 0.348 e. The maximum absolute atomic E-state index is 4.42. The van der Waals surface area contributed by atoms with Crippen LogP contribution >= 0.6 is 11.3 Å². The molecule has 2 N–H and O–H groups in total. The first kappa shape index (κ1) is 9.12. The quantitative estimate of drug-likeness (QED) is 0.770. The van der Waals surface area contributed by atoms with Crippen molar-refractivity contribution in [2.24, 2.45) is 0 Å². The van der Waals surface area contributed by atoms with Crippen molar-refractivity contribution in [1.29, 1.82) is 0 Å². The predicted octanol–water partition coefficient (Wildman–Crippen LogP) is 2.01. The van der Waals surface area contributed by atoms with Crippen LogP contribution < -0.4 is 5.32 Å². The minimum Gasteiger partial charge on any atom is -0.348 e. The summed E-state index contributed by atoms with van der Waals surface area (Å²) in [7, 11) is 0.